The molecule has 0 aliphatic heterocycles. The molecular weight excluding hydrogens is 446 g/mol. The number of hydrogen-bond donors (Lipinski definition) is 1. The van der Waals surface area contributed by atoms with Crippen molar-refractivity contribution in [1.82, 2.24) is 0 Å². The highest BCUT2D eigenvalue weighted by atomic mass is 14.9. The van der Waals surface area contributed by atoms with E-state index >= 15 is 0 Å². The van der Waals surface area contributed by atoms with E-state index in [0.29, 0.717) is 0 Å². The lowest BCUT2D eigenvalue weighted by Gasteiger charge is -2.15. The van der Waals surface area contributed by atoms with Crippen LogP contribution >= 0.6 is 0 Å². The van der Waals surface area contributed by atoms with Crippen LogP contribution in [-0.4, -0.2) is 0 Å². The van der Waals surface area contributed by atoms with Crippen LogP contribution in [0.15, 0.2) is 42.5 Å². The zero-order chi connectivity index (χ0) is 26.4. The molecule has 2 aromatic carbocycles. The summed E-state index contributed by atoms with van der Waals surface area (Å²) < 4.78 is 0. The smallest absolute Gasteiger partial charge is 0.0416 e. The molecule has 0 saturated carbocycles. The van der Waals surface area contributed by atoms with Gasteiger partial charge in [-0.2, -0.15) is 0 Å². The fraction of sp³-hybridized carbons (Fsp3) is 0.667. The lowest BCUT2D eigenvalue weighted by atomic mass is 9.98. The minimum atomic E-state index is 1.19. The first-order valence-corrected chi connectivity index (χ1v) is 16.2. The van der Waals surface area contributed by atoms with Crippen molar-refractivity contribution in [3.8, 4) is 0 Å². The van der Waals surface area contributed by atoms with E-state index in [1.165, 1.54) is 163 Å². The number of hydrogen-bond acceptors (Lipinski definition) is 1. The molecule has 0 heterocycles. The molecule has 0 saturated heterocycles. The van der Waals surface area contributed by atoms with E-state index < -0.39 is 0 Å². The number of rotatable bonds is 23. The molecule has 1 N–H and O–H groups in total. The van der Waals surface area contributed by atoms with Gasteiger partial charge in [-0.15, -0.1) is 0 Å². The molecule has 0 unspecified atom stereocenters. The van der Waals surface area contributed by atoms with Crippen LogP contribution in [0, 0.1) is 0 Å². The second-order valence-corrected chi connectivity index (χ2v) is 11.4. The van der Waals surface area contributed by atoms with Gasteiger partial charge in [0.25, 0.3) is 0 Å². The van der Waals surface area contributed by atoms with Crippen molar-refractivity contribution in [3.05, 3.63) is 59.2 Å². The van der Waals surface area contributed by atoms with E-state index in [4.69, 9.17) is 0 Å². The van der Waals surface area contributed by atoms with Crippen LogP contribution in [0.2, 0.25) is 0 Å². The Morgan fingerprint density at radius 2 is 0.946 bits per heavy atom. The first kappa shape index (κ1) is 31.5. The average Bonchev–Trinajstić information content (AvgIpc) is 2.91. The van der Waals surface area contributed by atoms with Crippen molar-refractivity contribution in [2.45, 2.75) is 156 Å². The van der Waals surface area contributed by atoms with Gasteiger partial charge in [0.05, 0.1) is 0 Å². The van der Waals surface area contributed by atoms with Crippen molar-refractivity contribution in [2.24, 2.45) is 0 Å². The van der Waals surface area contributed by atoms with E-state index in [-0.39, 0.29) is 0 Å². The second kappa shape index (κ2) is 21.2. The van der Waals surface area contributed by atoms with Crippen LogP contribution in [-0.2, 0) is 19.3 Å². The van der Waals surface area contributed by atoms with Gasteiger partial charge in [-0.05, 0) is 73.4 Å². The Bertz CT molecular complexity index is 808. The van der Waals surface area contributed by atoms with Crippen LogP contribution in [0.4, 0.5) is 11.4 Å². The summed E-state index contributed by atoms with van der Waals surface area (Å²) in [5.74, 6) is 0. The van der Waals surface area contributed by atoms with Crippen molar-refractivity contribution in [2.75, 3.05) is 5.32 Å². The number of aryl methyl sites for hydroxylation is 3. The minimum absolute atomic E-state index is 1.19. The zero-order valence-electron chi connectivity index (χ0n) is 24.9. The molecule has 2 aromatic rings. The van der Waals surface area contributed by atoms with E-state index in [9.17, 15) is 0 Å². The molecule has 0 aliphatic carbocycles. The maximum atomic E-state index is 3.81. The van der Waals surface area contributed by atoms with Crippen LogP contribution in [0.1, 0.15) is 153 Å². The van der Waals surface area contributed by atoms with Gasteiger partial charge < -0.3 is 5.32 Å². The number of anilines is 2. The lowest BCUT2D eigenvalue weighted by molar-refractivity contribution is 0.605. The summed E-state index contributed by atoms with van der Waals surface area (Å²) in [4.78, 5) is 0. The maximum absolute atomic E-state index is 3.81. The largest absolute Gasteiger partial charge is 0.355 e. The quantitative estimate of drug-likeness (QED) is 0.148. The second-order valence-electron chi connectivity index (χ2n) is 11.4. The van der Waals surface area contributed by atoms with E-state index in [2.05, 4.69) is 68.6 Å². The predicted octanol–water partition coefficient (Wildman–Crippen LogP) is 12.1. The number of nitrogens with one attached hydrogen (secondary N) is 1. The molecule has 0 aromatic heterocycles. The van der Waals surface area contributed by atoms with Gasteiger partial charge in [0.1, 0.15) is 0 Å². The summed E-state index contributed by atoms with van der Waals surface area (Å²) in [5, 5.41) is 3.81. The summed E-state index contributed by atoms with van der Waals surface area (Å²) in [5.41, 5.74) is 7.07. The molecule has 2 rings (SSSR count). The first-order chi connectivity index (χ1) is 18.3. The van der Waals surface area contributed by atoms with Crippen LogP contribution in [0.3, 0.4) is 0 Å². The maximum Gasteiger partial charge on any atom is 0.0416 e. The van der Waals surface area contributed by atoms with Gasteiger partial charge in [-0.25, -0.2) is 0 Å². The minimum Gasteiger partial charge on any atom is -0.355 e. The SMILES string of the molecule is CCCCCCCCc1cccc(Nc2ccc(CCCCCCCC)cc2CCCCCCCC)c1. The van der Waals surface area contributed by atoms with Gasteiger partial charge in [-0.3, -0.25) is 0 Å². The number of unbranched alkanes of at least 4 members (excludes halogenated alkanes) is 15. The Hall–Kier alpha value is -1.76. The molecule has 0 bridgehead atoms. The Balaban J connectivity index is 1.95. The van der Waals surface area contributed by atoms with E-state index in [1.54, 1.807) is 0 Å². The molecule has 0 spiro atoms. The highest BCUT2D eigenvalue weighted by Crippen LogP contribution is 2.26. The standard InChI is InChI=1S/C36H59N/c1-4-7-10-13-16-19-23-32-25-22-27-35(31-32)37-36-29-28-33(24-20-17-14-11-8-5-2)30-34(36)26-21-18-15-12-9-6-3/h22,25,27-31,37H,4-21,23-24,26H2,1-3H3. The molecule has 0 aliphatic rings. The Labute approximate surface area is 231 Å². The third kappa shape index (κ3) is 14.7. The number of benzene rings is 2. The molecule has 0 fully saturated rings. The summed E-state index contributed by atoms with van der Waals surface area (Å²) in [7, 11) is 0. The summed E-state index contributed by atoms with van der Waals surface area (Å²) in [6, 6.07) is 16.4. The molecule has 1 heteroatoms. The van der Waals surface area contributed by atoms with Crippen LogP contribution < -0.4 is 5.32 Å². The van der Waals surface area contributed by atoms with Crippen molar-refractivity contribution < 1.29 is 0 Å². The van der Waals surface area contributed by atoms with Gasteiger partial charge in [0.15, 0.2) is 0 Å². The molecule has 37 heavy (non-hydrogen) atoms. The summed E-state index contributed by atoms with van der Waals surface area (Å²) in [6.45, 7) is 6.89. The molecule has 1 nitrogen and oxygen atoms in total. The highest BCUT2D eigenvalue weighted by molar-refractivity contribution is 5.64. The molecule has 0 atom stereocenters. The van der Waals surface area contributed by atoms with Crippen molar-refractivity contribution in [3.63, 3.8) is 0 Å². The first-order valence-electron chi connectivity index (χ1n) is 16.2. The third-order valence-electron chi connectivity index (χ3n) is 7.81. The summed E-state index contributed by atoms with van der Waals surface area (Å²) >= 11 is 0. The fourth-order valence-electron chi connectivity index (χ4n) is 5.41. The van der Waals surface area contributed by atoms with Crippen LogP contribution in [0.25, 0.3) is 0 Å². The normalized spacial score (nSPS) is 11.2. The highest BCUT2D eigenvalue weighted by Gasteiger charge is 2.07. The molecule has 208 valence electrons. The monoisotopic (exact) mass is 505 g/mol. The van der Waals surface area contributed by atoms with Crippen molar-refractivity contribution in [1.29, 1.82) is 0 Å². The fourth-order valence-corrected chi connectivity index (χ4v) is 5.41. The van der Waals surface area contributed by atoms with E-state index in [0.717, 1.165) is 0 Å². The Morgan fingerprint density at radius 1 is 0.459 bits per heavy atom. The zero-order valence-corrected chi connectivity index (χ0v) is 24.9. The Kier molecular flexibility index (Phi) is 18.0. The molecular formula is C36H59N. The third-order valence-corrected chi connectivity index (χ3v) is 7.81. The van der Waals surface area contributed by atoms with Gasteiger partial charge in [-0.1, -0.05) is 141 Å². The topological polar surface area (TPSA) is 12.0 Å². The van der Waals surface area contributed by atoms with Gasteiger partial charge >= 0.3 is 0 Å². The predicted molar refractivity (Wildman–Crippen MR) is 167 cm³/mol. The van der Waals surface area contributed by atoms with Gasteiger partial charge in [0, 0.05) is 11.4 Å². The van der Waals surface area contributed by atoms with Gasteiger partial charge in [0.2, 0.25) is 0 Å². The molecule has 0 radical (unpaired) electrons. The van der Waals surface area contributed by atoms with Crippen LogP contribution in [0.5, 0.6) is 0 Å². The van der Waals surface area contributed by atoms with E-state index in [1.807, 2.05) is 0 Å². The lowest BCUT2D eigenvalue weighted by Crippen LogP contribution is -1.99. The Morgan fingerprint density at radius 3 is 1.51 bits per heavy atom. The summed E-state index contributed by atoms with van der Waals surface area (Å²) in [6.07, 6.45) is 28.2. The van der Waals surface area contributed by atoms with Crippen molar-refractivity contribution >= 4 is 11.4 Å². The average molecular weight is 506 g/mol. The molecule has 0 amide bonds.